The Kier molecular flexibility index (Phi) is 3.04. The van der Waals surface area contributed by atoms with E-state index in [0.717, 1.165) is 24.1 Å². The molecular weight excluding hydrogens is 248 g/mol. The van der Waals surface area contributed by atoms with Gasteiger partial charge in [-0.15, -0.1) is 0 Å². The lowest BCUT2D eigenvalue weighted by Crippen LogP contribution is -2.33. The molecule has 3 nitrogen and oxygen atoms in total. The average Bonchev–Trinajstić information content (AvgIpc) is 2.94. The molecule has 2 bridgehead atoms. The number of carbonyl (C=O) groups is 1. The van der Waals surface area contributed by atoms with E-state index >= 15 is 0 Å². The molecule has 2 aliphatic rings. The molecule has 1 aromatic carbocycles. The van der Waals surface area contributed by atoms with Crippen molar-refractivity contribution in [1.29, 1.82) is 0 Å². The molecule has 3 atom stereocenters. The highest BCUT2D eigenvalue weighted by molar-refractivity contribution is 6.30. The van der Waals surface area contributed by atoms with Crippen LogP contribution < -0.4 is 10.6 Å². The van der Waals surface area contributed by atoms with Gasteiger partial charge in [0.15, 0.2) is 0 Å². The Morgan fingerprint density at radius 3 is 2.89 bits per heavy atom. The Morgan fingerprint density at radius 1 is 1.44 bits per heavy atom. The van der Waals surface area contributed by atoms with Crippen molar-refractivity contribution in [3.05, 3.63) is 28.8 Å². The zero-order valence-corrected chi connectivity index (χ0v) is 11.1. The van der Waals surface area contributed by atoms with Crippen molar-refractivity contribution < 1.29 is 4.79 Å². The summed E-state index contributed by atoms with van der Waals surface area (Å²) in [6.07, 6.45) is 3.32. The minimum Gasteiger partial charge on any atom is -0.326 e. The maximum absolute atomic E-state index is 12.3. The van der Waals surface area contributed by atoms with Crippen LogP contribution in [-0.4, -0.2) is 18.0 Å². The topological polar surface area (TPSA) is 41.1 Å². The summed E-state index contributed by atoms with van der Waals surface area (Å²) in [4.78, 5) is 12.3. The molecule has 2 heterocycles. The highest BCUT2D eigenvalue weighted by Crippen LogP contribution is 2.34. The van der Waals surface area contributed by atoms with Crippen LogP contribution in [0.4, 0.5) is 5.69 Å². The molecule has 3 unspecified atom stereocenters. The monoisotopic (exact) mass is 264 g/mol. The lowest BCUT2D eigenvalue weighted by atomic mass is 9.88. The molecule has 1 amide bonds. The molecule has 2 saturated heterocycles. The van der Waals surface area contributed by atoms with E-state index in [9.17, 15) is 4.79 Å². The van der Waals surface area contributed by atoms with E-state index in [1.165, 1.54) is 6.42 Å². The van der Waals surface area contributed by atoms with E-state index in [2.05, 4.69) is 10.6 Å². The van der Waals surface area contributed by atoms with Gasteiger partial charge in [0.05, 0.1) is 5.92 Å². The molecule has 18 heavy (non-hydrogen) atoms. The summed E-state index contributed by atoms with van der Waals surface area (Å²) in [7, 11) is 0. The van der Waals surface area contributed by atoms with Crippen LogP contribution in [-0.2, 0) is 4.79 Å². The van der Waals surface area contributed by atoms with Gasteiger partial charge in [0, 0.05) is 22.8 Å². The zero-order chi connectivity index (χ0) is 12.7. The first kappa shape index (κ1) is 12.0. The van der Waals surface area contributed by atoms with Crippen molar-refractivity contribution in [1.82, 2.24) is 5.32 Å². The first-order valence-corrected chi connectivity index (χ1v) is 6.84. The van der Waals surface area contributed by atoms with Crippen molar-refractivity contribution in [2.24, 2.45) is 5.92 Å². The largest absolute Gasteiger partial charge is 0.326 e. The van der Waals surface area contributed by atoms with Crippen molar-refractivity contribution >= 4 is 23.2 Å². The van der Waals surface area contributed by atoms with Gasteiger partial charge in [-0.05, 0) is 49.9 Å². The highest BCUT2D eigenvalue weighted by atomic mass is 35.5. The number of hydrogen-bond acceptors (Lipinski definition) is 2. The number of benzene rings is 1. The number of hydrogen-bond donors (Lipinski definition) is 2. The maximum atomic E-state index is 12.3. The van der Waals surface area contributed by atoms with Crippen LogP contribution in [0.15, 0.2) is 18.2 Å². The molecule has 2 fully saturated rings. The normalized spacial score (nSPS) is 29.6. The number of aryl methyl sites for hydroxylation is 1. The molecule has 0 aromatic heterocycles. The maximum Gasteiger partial charge on any atom is 0.229 e. The lowest BCUT2D eigenvalue weighted by Gasteiger charge is -2.20. The second kappa shape index (κ2) is 4.56. The quantitative estimate of drug-likeness (QED) is 0.862. The van der Waals surface area contributed by atoms with Crippen molar-refractivity contribution in [3.63, 3.8) is 0 Å². The van der Waals surface area contributed by atoms with E-state index in [0.29, 0.717) is 17.1 Å². The van der Waals surface area contributed by atoms with Gasteiger partial charge in [-0.1, -0.05) is 11.6 Å². The average molecular weight is 265 g/mol. The van der Waals surface area contributed by atoms with Crippen LogP contribution in [0.2, 0.25) is 5.02 Å². The SMILES string of the molecule is Cc1cc(Cl)ccc1NC(=O)C1CC2CCC1N2. The van der Waals surface area contributed by atoms with Gasteiger partial charge in [0.25, 0.3) is 0 Å². The Balaban J connectivity index is 1.71. The van der Waals surface area contributed by atoms with E-state index in [1.807, 2.05) is 25.1 Å². The molecule has 0 radical (unpaired) electrons. The number of amides is 1. The Bertz CT molecular complexity index is 489. The molecule has 1 aromatic rings. The third-order valence-electron chi connectivity index (χ3n) is 4.08. The number of anilines is 1. The predicted octanol–water partition coefficient (Wildman–Crippen LogP) is 2.73. The van der Waals surface area contributed by atoms with Crippen LogP contribution in [0.25, 0.3) is 0 Å². The van der Waals surface area contributed by atoms with Crippen molar-refractivity contribution in [2.75, 3.05) is 5.32 Å². The molecular formula is C14H17ClN2O. The van der Waals surface area contributed by atoms with Crippen LogP contribution in [0, 0.1) is 12.8 Å². The second-order valence-corrected chi connectivity index (χ2v) is 5.77. The summed E-state index contributed by atoms with van der Waals surface area (Å²) in [6.45, 7) is 1.96. The molecule has 0 saturated carbocycles. The summed E-state index contributed by atoms with van der Waals surface area (Å²) in [5.41, 5.74) is 1.87. The van der Waals surface area contributed by atoms with E-state index < -0.39 is 0 Å². The fraction of sp³-hybridized carbons (Fsp3) is 0.500. The van der Waals surface area contributed by atoms with Gasteiger partial charge >= 0.3 is 0 Å². The van der Waals surface area contributed by atoms with Crippen LogP contribution in [0.1, 0.15) is 24.8 Å². The first-order chi connectivity index (χ1) is 8.63. The summed E-state index contributed by atoms with van der Waals surface area (Å²) >= 11 is 5.91. The van der Waals surface area contributed by atoms with Crippen LogP contribution in [0.3, 0.4) is 0 Å². The molecule has 0 spiro atoms. The highest BCUT2D eigenvalue weighted by Gasteiger charge is 2.42. The Labute approximate surface area is 112 Å². The van der Waals surface area contributed by atoms with Crippen LogP contribution in [0.5, 0.6) is 0 Å². The first-order valence-electron chi connectivity index (χ1n) is 6.46. The van der Waals surface area contributed by atoms with E-state index in [1.54, 1.807) is 0 Å². The Hall–Kier alpha value is -1.06. The molecule has 4 heteroatoms. The molecule has 0 aliphatic carbocycles. The van der Waals surface area contributed by atoms with E-state index in [-0.39, 0.29) is 11.8 Å². The summed E-state index contributed by atoms with van der Waals surface area (Å²) in [5.74, 6) is 0.263. The summed E-state index contributed by atoms with van der Waals surface area (Å²) < 4.78 is 0. The van der Waals surface area contributed by atoms with Crippen molar-refractivity contribution in [2.45, 2.75) is 38.3 Å². The van der Waals surface area contributed by atoms with Gasteiger partial charge in [-0.3, -0.25) is 4.79 Å². The van der Waals surface area contributed by atoms with E-state index in [4.69, 9.17) is 11.6 Å². The smallest absolute Gasteiger partial charge is 0.229 e. The molecule has 2 N–H and O–H groups in total. The molecule has 2 aliphatic heterocycles. The summed E-state index contributed by atoms with van der Waals surface area (Å²) in [6, 6.07) is 6.48. The van der Waals surface area contributed by atoms with Gasteiger partial charge in [-0.25, -0.2) is 0 Å². The zero-order valence-electron chi connectivity index (χ0n) is 10.4. The number of nitrogens with one attached hydrogen (secondary N) is 2. The third-order valence-corrected chi connectivity index (χ3v) is 4.32. The fourth-order valence-corrected chi connectivity index (χ4v) is 3.33. The molecule has 96 valence electrons. The lowest BCUT2D eigenvalue weighted by molar-refractivity contribution is -0.120. The fourth-order valence-electron chi connectivity index (χ4n) is 3.11. The van der Waals surface area contributed by atoms with Gasteiger partial charge in [-0.2, -0.15) is 0 Å². The Morgan fingerprint density at radius 2 is 2.28 bits per heavy atom. The minimum atomic E-state index is 0.124. The number of halogens is 1. The summed E-state index contributed by atoms with van der Waals surface area (Å²) in [5, 5.41) is 7.21. The van der Waals surface area contributed by atoms with Crippen molar-refractivity contribution in [3.8, 4) is 0 Å². The predicted molar refractivity (Wildman–Crippen MR) is 72.9 cm³/mol. The van der Waals surface area contributed by atoms with Gasteiger partial charge < -0.3 is 10.6 Å². The molecule has 3 rings (SSSR count). The number of fused-ring (bicyclic) bond motifs is 2. The standard InChI is InChI=1S/C14H17ClN2O/c1-8-6-9(15)2-4-12(8)17-14(18)11-7-10-3-5-13(11)16-10/h2,4,6,10-11,13,16H,3,5,7H2,1H3,(H,17,18). The number of rotatable bonds is 2. The van der Waals surface area contributed by atoms with Gasteiger partial charge in [0.1, 0.15) is 0 Å². The minimum absolute atomic E-state index is 0.124. The van der Waals surface area contributed by atoms with Gasteiger partial charge in [0.2, 0.25) is 5.91 Å². The second-order valence-electron chi connectivity index (χ2n) is 5.34. The third kappa shape index (κ3) is 2.13. The number of carbonyl (C=O) groups excluding carboxylic acids is 1. The van der Waals surface area contributed by atoms with Crippen LogP contribution >= 0.6 is 11.6 Å².